The number of rotatable bonds is 5. The first-order valence-corrected chi connectivity index (χ1v) is 6.60. The Morgan fingerprint density at radius 1 is 1.40 bits per heavy atom. The van der Waals surface area contributed by atoms with E-state index in [1.54, 1.807) is 12.1 Å². The van der Waals surface area contributed by atoms with Crippen LogP contribution < -0.4 is 16.2 Å². The Morgan fingerprint density at radius 2 is 2.10 bits per heavy atom. The summed E-state index contributed by atoms with van der Waals surface area (Å²) in [5, 5.41) is 9.17. The Kier molecular flexibility index (Phi) is 4.46. The summed E-state index contributed by atoms with van der Waals surface area (Å²) in [6.07, 6.45) is 1.61. The fraction of sp³-hybridized carbons (Fsp3) is 0.500. The Hall–Kier alpha value is -1.79. The molecule has 1 aliphatic heterocycles. The van der Waals surface area contributed by atoms with Gasteiger partial charge < -0.3 is 26.0 Å². The highest BCUT2D eigenvalue weighted by molar-refractivity contribution is 5.93. The molecule has 0 aromatic heterocycles. The van der Waals surface area contributed by atoms with Gasteiger partial charge in [-0.1, -0.05) is 6.07 Å². The fourth-order valence-corrected chi connectivity index (χ4v) is 2.32. The third-order valence-corrected chi connectivity index (χ3v) is 3.79. The van der Waals surface area contributed by atoms with Crippen molar-refractivity contribution in [2.75, 3.05) is 32.1 Å². The highest BCUT2D eigenvalue weighted by Crippen LogP contribution is 2.33. The van der Waals surface area contributed by atoms with E-state index in [2.05, 4.69) is 0 Å². The van der Waals surface area contributed by atoms with E-state index in [1.165, 1.54) is 6.07 Å². The van der Waals surface area contributed by atoms with Crippen molar-refractivity contribution < 1.29 is 19.4 Å². The second-order valence-electron chi connectivity index (χ2n) is 5.13. The van der Waals surface area contributed by atoms with Crippen LogP contribution in [0, 0.1) is 5.41 Å². The number of para-hydroxylation sites is 1. The van der Waals surface area contributed by atoms with E-state index < -0.39 is 5.97 Å². The number of nitrogens with two attached hydrogens (primary N) is 2. The predicted octanol–water partition coefficient (Wildman–Crippen LogP) is 1.10. The Bertz CT molecular complexity index is 484. The van der Waals surface area contributed by atoms with E-state index in [9.17, 15) is 4.79 Å². The molecule has 2 rings (SSSR count). The summed E-state index contributed by atoms with van der Waals surface area (Å²) in [5.41, 5.74) is 11.9. The second kappa shape index (κ2) is 6.11. The number of hydrogen-bond acceptors (Lipinski definition) is 5. The van der Waals surface area contributed by atoms with Crippen LogP contribution in [0.5, 0.6) is 5.75 Å². The summed E-state index contributed by atoms with van der Waals surface area (Å²) in [4.78, 5) is 11.2. The average molecular weight is 280 g/mol. The molecule has 0 bridgehead atoms. The van der Waals surface area contributed by atoms with Crippen molar-refractivity contribution in [2.24, 2.45) is 11.1 Å². The van der Waals surface area contributed by atoms with Gasteiger partial charge in [-0.25, -0.2) is 4.79 Å². The van der Waals surface area contributed by atoms with Crippen LogP contribution in [-0.2, 0) is 4.74 Å². The highest BCUT2D eigenvalue weighted by atomic mass is 16.5. The minimum absolute atomic E-state index is 0.0734. The van der Waals surface area contributed by atoms with Crippen LogP contribution in [0.15, 0.2) is 18.2 Å². The monoisotopic (exact) mass is 280 g/mol. The molecule has 1 heterocycles. The number of carboxylic acids is 1. The molecule has 20 heavy (non-hydrogen) atoms. The quantitative estimate of drug-likeness (QED) is 0.697. The van der Waals surface area contributed by atoms with Gasteiger partial charge in [0, 0.05) is 25.2 Å². The van der Waals surface area contributed by atoms with Crippen molar-refractivity contribution in [1.82, 2.24) is 0 Å². The van der Waals surface area contributed by atoms with Gasteiger partial charge in [-0.3, -0.25) is 0 Å². The molecule has 1 fully saturated rings. The average Bonchev–Trinajstić information content (AvgIpc) is 2.46. The SMILES string of the molecule is NCC1(COc2c(N)cccc2C(=O)O)CCOCC1. The summed E-state index contributed by atoms with van der Waals surface area (Å²) in [5.74, 6) is -0.833. The summed E-state index contributed by atoms with van der Waals surface area (Å²) in [6.45, 7) is 2.13. The van der Waals surface area contributed by atoms with Gasteiger partial charge in [-0.2, -0.15) is 0 Å². The molecule has 0 aliphatic carbocycles. The number of benzene rings is 1. The Labute approximate surface area is 117 Å². The van der Waals surface area contributed by atoms with Gasteiger partial charge >= 0.3 is 5.97 Å². The van der Waals surface area contributed by atoms with Gasteiger partial charge in [0.1, 0.15) is 5.56 Å². The third kappa shape index (κ3) is 3.02. The van der Waals surface area contributed by atoms with Gasteiger partial charge in [0.05, 0.1) is 12.3 Å². The number of carboxylic acid groups (broad SMARTS) is 1. The van der Waals surface area contributed by atoms with Crippen LogP contribution in [-0.4, -0.2) is 37.4 Å². The zero-order valence-electron chi connectivity index (χ0n) is 11.3. The molecular formula is C14H20N2O4. The van der Waals surface area contributed by atoms with E-state index >= 15 is 0 Å². The number of ether oxygens (including phenoxy) is 2. The van der Waals surface area contributed by atoms with Crippen LogP contribution in [0.4, 0.5) is 5.69 Å². The van der Waals surface area contributed by atoms with E-state index in [0.717, 1.165) is 12.8 Å². The predicted molar refractivity (Wildman–Crippen MR) is 74.8 cm³/mol. The maximum atomic E-state index is 11.2. The van der Waals surface area contributed by atoms with E-state index in [-0.39, 0.29) is 16.7 Å². The first kappa shape index (κ1) is 14.6. The molecule has 0 atom stereocenters. The van der Waals surface area contributed by atoms with Crippen LogP contribution in [0.25, 0.3) is 0 Å². The smallest absolute Gasteiger partial charge is 0.339 e. The molecule has 1 saturated heterocycles. The van der Waals surface area contributed by atoms with Gasteiger partial charge in [0.15, 0.2) is 5.75 Å². The molecule has 1 aromatic rings. The van der Waals surface area contributed by atoms with Gasteiger partial charge in [-0.05, 0) is 25.0 Å². The van der Waals surface area contributed by atoms with Crippen molar-refractivity contribution in [3.63, 3.8) is 0 Å². The first-order valence-electron chi connectivity index (χ1n) is 6.60. The van der Waals surface area contributed by atoms with Crippen molar-refractivity contribution in [3.05, 3.63) is 23.8 Å². The van der Waals surface area contributed by atoms with Crippen molar-refractivity contribution in [3.8, 4) is 5.75 Å². The zero-order valence-corrected chi connectivity index (χ0v) is 11.3. The standard InChI is InChI=1S/C14H20N2O4/c15-8-14(4-6-19-7-5-14)9-20-12-10(13(17)18)2-1-3-11(12)16/h1-3H,4-9,15-16H2,(H,17,18). The molecule has 6 nitrogen and oxygen atoms in total. The molecule has 0 saturated carbocycles. The number of hydrogen-bond donors (Lipinski definition) is 3. The molecule has 110 valence electrons. The molecule has 0 spiro atoms. The minimum atomic E-state index is -1.05. The van der Waals surface area contributed by atoms with Gasteiger partial charge in [0.25, 0.3) is 0 Å². The normalized spacial score (nSPS) is 17.6. The number of anilines is 1. The molecule has 0 unspecified atom stereocenters. The third-order valence-electron chi connectivity index (χ3n) is 3.79. The fourth-order valence-electron chi connectivity index (χ4n) is 2.32. The molecule has 1 aliphatic rings. The lowest BCUT2D eigenvalue weighted by atomic mass is 9.81. The minimum Gasteiger partial charge on any atom is -0.490 e. The molecule has 6 heteroatoms. The lowest BCUT2D eigenvalue weighted by molar-refractivity contribution is -0.00510. The number of nitrogen functional groups attached to an aromatic ring is 1. The van der Waals surface area contributed by atoms with Crippen molar-refractivity contribution in [1.29, 1.82) is 0 Å². The molecule has 5 N–H and O–H groups in total. The van der Waals surface area contributed by atoms with Crippen LogP contribution >= 0.6 is 0 Å². The topological polar surface area (TPSA) is 108 Å². The molecule has 0 radical (unpaired) electrons. The summed E-state index contributed by atoms with van der Waals surface area (Å²) < 4.78 is 11.1. The largest absolute Gasteiger partial charge is 0.490 e. The maximum absolute atomic E-state index is 11.2. The van der Waals surface area contributed by atoms with Crippen molar-refractivity contribution in [2.45, 2.75) is 12.8 Å². The lowest BCUT2D eigenvalue weighted by Crippen LogP contribution is -2.41. The summed E-state index contributed by atoms with van der Waals surface area (Å²) in [7, 11) is 0. The number of aromatic carboxylic acids is 1. The molecule has 0 amide bonds. The first-order chi connectivity index (χ1) is 9.58. The van der Waals surface area contributed by atoms with Gasteiger partial charge in [0.2, 0.25) is 0 Å². The Balaban J connectivity index is 2.15. The molecular weight excluding hydrogens is 260 g/mol. The van der Waals surface area contributed by atoms with Crippen LogP contribution in [0.1, 0.15) is 23.2 Å². The maximum Gasteiger partial charge on any atom is 0.339 e. The van der Waals surface area contributed by atoms with Gasteiger partial charge in [-0.15, -0.1) is 0 Å². The Morgan fingerprint density at radius 3 is 2.70 bits per heavy atom. The summed E-state index contributed by atoms with van der Waals surface area (Å²) in [6, 6.07) is 4.70. The summed E-state index contributed by atoms with van der Waals surface area (Å²) >= 11 is 0. The highest BCUT2D eigenvalue weighted by Gasteiger charge is 2.32. The zero-order chi connectivity index (χ0) is 14.6. The van der Waals surface area contributed by atoms with E-state index in [0.29, 0.717) is 32.1 Å². The number of carbonyl (C=O) groups is 1. The van der Waals surface area contributed by atoms with Crippen LogP contribution in [0.3, 0.4) is 0 Å². The second-order valence-corrected chi connectivity index (χ2v) is 5.13. The van der Waals surface area contributed by atoms with E-state index in [1.807, 2.05) is 0 Å². The van der Waals surface area contributed by atoms with E-state index in [4.69, 9.17) is 26.0 Å². The van der Waals surface area contributed by atoms with Crippen molar-refractivity contribution >= 4 is 11.7 Å². The molecule has 1 aromatic carbocycles. The van der Waals surface area contributed by atoms with Crippen LogP contribution in [0.2, 0.25) is 0 Å². The lowest BCUT2D eigenvalue weighted by Gasteiger charge is -2.35.